The molecular formula is C15H9BrOS. The van der Waals surface area contributed by atoms with Gasteiger partial charge >= 0.3 is 0 Å². The molecule has 0 atom stereocenters. The van der Waals surface area contributed by atoms with Crippen molar-refractivity contribution in [3.8, 4) is 10.4 Å². The molecule has 3 aromatic rings. The number of benzene rings is 2. The minimum Gasteiger partial charge on any atom is -0.298 e. The molecule has 3 rings (SSSR count). The van der Waals surface area contributed by atoms with Gasteiger partial charge in [-0.25, -0.2) is 0 Å². The van der Waals surface area contributed by atoms with Gasteiger partial charge in [-0.3, -0.25) is 4.79 Å². The van der Waals surface area contributed by atoms with E-state index in [2.05, 4.69) is 28.1 Å². The Morgan fingerprint density at radius 3 is 2.67 bits per heavy atom. The molecule has 0 spiro atoms. The summed E-state index contributed by atoms with van der Waals surface area (Å²) in [7, 11) is 0. The first-order valence-electron chi connectivity index (χ1n) is 5.52. The Morgan fingerprint density at radius 2 is 1.89 bits per heavy atom. The standard InChI is InChI=1S/C15H9BrOS/c16-14-12-6-1-2-7-13(12)18-15(14)11-5-3-4-10(8-11)9-17/h1-9H. The fraction of sp³-hybridized carbons (Fsp3) is 0. The highest BCUT2D eigenvalue weighted by Crippen LogP contribution is 2.42. The van der Waals surface area contributed by atoms with Crippen molar-refractivity contribution in [3.63, 3.8) is 0 Å². The summed E-state index contributed by atoms with van der Waals surface area (Å²) in [6.07, 6.45) is 0.880. The van der Waals surface area contributed by atoms with Crippen LogP contribution in [0.4, 0.5) is 0 Å². The summed E-state index contributed by atoms with van der Waals surface area (Å²) in [6.45, 7) is 0. The topological polar surface area (TPSA) is 17.1 Å². The molecule has 18 heavy (non-hydrogen) atoms. The lowest BCUT2D eigenvalue weighted by molar-refractivity contribution is 0.112. The molecule has 88 valence electrons. The summed E-state index contributed by atoms with van der Waals surface area (Å²) >= 11 is 5.39. The SMILES string of the molecule is O=Cc1cccc(-c2sc3ccccc3c2Br)c1. The smallest absolute Gasteiger partial charge is 0.150 e. The monoisotopic (exact) mass is 316 g/mol. The predicted octanol–water partition coefficient (Wildman–Crippen LogP) is 5.14. The van der Waals surface area contributed by atoms with Crippen LogP contribution in [0.1, 0.15) is 10.4 Å². The van der Waals surface area contributed by atoms with Gasteiger partial charge in [0.05, 0.1) is 0 Å². The van der Waals surface area contributed by atoms with Gasteiger partial charge in [0.1, 0.15) is 6.29 Å². The lowest BCUT2D eigenvalue weighted by atomic mass is 10.1. The van der Waals surface area contributed by atoms with Gasteiger partial charge in [0.2, 0.25) is 0 Å². The average Bonchev–Trinajstić information content (AvgIpc) is 2.77. The van der Waals surface area contributed by atoms with Crippen LogP contribution in [0.25, 0.3) is 20.5 Å². The van der Waals surface area contributed by atoms with Crippen molar-refractivity contribution in [3.05, 3.63) is 58.6 Å². The quantitative estimate of drug-likeness (QED) is 0.598. The van der Waals surface area contributed by atoms with Gasteiger partial charge in [-0.15, -0.1) is 11.3 Å². The van der Waals surface area contributed by atoms with Crippen LogP contribution in [0.5, 0.6) is 0 Å². The Balaban J connectivity index is 2.24. The van der Waals surface area contributed by atoms with E-state index in [0.29, 0.717) is 5.56 Å². The van der Waals surface area contributed by atoms with Gasteiger partial charge in [-0.05, 0) is 33.6 Å². The van der Waals surface area contributed by atoms with E-state index in [9.17, 15) is 4.79 Å². The van der Waals surface area contributed by atoms with Crippen molar-refractivity contribution >= 4 is 43.6 Å². The number of hydrogen-bond acceptors (Lipinski definition) is 2. The molecule has 2 aromatic carbocycles. The molecule has 0 N–H and O–H groups in total. The van der Waals surface area contributed by atoms with Crippen LogP contribution in [0, 0.1) is 0 Å². The van der Waals surface area contributed by atoms with E-state index in [0.717, 1.165) is 16.3 Å². The fourth-order valence-electron chi connectivity index (χ4n) is 1.95. The summed E-state index contributed by atoms with van der Waals surface area (Å²) in [5, 5.41) is 1.22. The van der Waals surface area contributed by atoms with Crippen LogP contribution in [0.3, 0.4) is 0 Å². The number of hydrogen-bond donors (Lipinski definition) is 0. The second-order valence-electron chi connectivity index (χ2n) is 3.98. The summed E-state index contributed by atoms with van der Waals surface area (Å²) in [4.78, 5) is 12.0. The third-order valence-electron chi connectivity index (χ3n) is 2.82. The van der Waals surface area contributed by atoms with Gasteiger partial charge in [-0.2, -0.15) is 0 Å². The Morgan fingerprint density at radius 1 is 1.06 bits per heavy atom. The molecule has 0 amide bonds. The molecule has 0 bridgehead atoms. The van der Waals surface area contributed by atoms with Crippen LogP contribution < -0.4 is 0 Å². The number of halogens is 1. The van der Waals surface area contributed by atoms with E-state index in [1.54, 1.807) is 11.3 Å². The first kappa shape index (κ1) is 11.6. The molecule has 1 aromatic heterocycles. The van der Waals surface area contributed by atoms with Crippen molar-refractivity contribution < 1.29 is 4.79 Å². The number of carbonyl (C=O) groups excluding carboxylic acids is 1. The van der Waals surface area contributed by atoms with E-state index in [4.69, 9.17) is 0 Å². The van der Waals surface area contributed by atoms with Crippen LogP contribution >= 0.6 is 27.3 Å². The van der Waals surface area contributed by atoms with E-state index in [-0.39, 0.29) is 0 Å². The first-order chi connectivity index (χ1) is 8.79. The summed E-state index contributed by atoms with van der Waals surface area (Å²) in [5.74, 6) is 0. The Hall–Kier alpha value is -1.45. The van der Waals surface area contributed by atoms with Gasteiger partial charge in [0.25, 0.3) is 0 Å². The molecule has 0 saturated heterocycles. The number of carbonyl (C=O) groups is 1. The van der Waals surface area contributed by atoms with Crippen LogP contribution in [0.15, 0.2) is 53.0 Å². The van der Waals surface area contributed by atoms with E-state index >= 15 is 0 Å². The van der Waals surface area contributed by atoms with Crippen molar-refractivity contribution in [2.24, 2.45) is 0 Å². The lowest BCUT2D eigenvalue weighted by Gasteiger charge is -1.99. The highest BCUT2D eigenvalue weighted by molar-refractivity contribution is 9.10. The van der Waals surface area contributed by atoms with Crippen molar-refractivity contribution in [1.29, 1.82) is 0 Å². The van der Waals surface area contributed by atoms with E-state index < -0.39 is 0 Å². The minimum atomic E-state index is 0.705. The molecule has 0 saturated carbocycles. The largest absolute Gasteiger partial charge is 0.298 e. The van der Waals surface area contributed by atoms with Crippen molar-refractivity contribution in [1.82, 2.24) is 0 Å². The maximum Gasteiger partial charge on any atom is 0.150 e. The third-order valence-corrected chi connectivity index (χ3v) is 5.13. The molecular weight excluding hydrogens is 308 g/mol. The number of thiophene rings is 1. The van der Waals surface area contributed by atoms with Crippen molar-refractivity contribution in [2.75, 3.05) is 0 Å². The van der Waals surface area contributed by atoms with Crippen LogP contribution in [-0.4, -0.2) is 6.29 Å². The molecule has 0 radical (unpaired) electrons. The fourth-order valence-corrected chi connectivity index (χ4v) is 3.99. The number of rotatable bonds is 2. The van der Waals surface area contributed by atoms with Crippen molar-refractivity contribution in [2.45, 2.75) is 0 Å². The number of aldehydes is 1. The normalized spacial score (nSPS) is 10.7. The molecule has 0 aliphatic carbocycles. The Labute approximate surface area is 117 Å². The van der Waals surface area contributed by atoms with Gasteiger partial charge < -0.3 is 0 Å². The first-order valence-corrected chi connectivity index (χ1v) is 7.13. The maximum atomic E-state index is 10.8. The second kappa shape index (κ2) is 4.67. The zero-order chi connectivity index (χ0) is 12.5. The predicted molar refractivity (Wildman–Crippen MR) is 80.3 cm³/mol. The van der Waals surface area contributed by atoms with E-state index in [1.807, 2.05) is 36.4 Å². The molecule has 1 nitrogen and oxygen atoms in total. The number of fused-ring (bicyclic) bond motifs is 1. The third kappa shape index (κ3) is 1.89. The summed E-state index contributed by atoms with van der Waals surface area (Å²) in [6, 6.07) is 16.0. The van der Waals surface area contributed by atoms with Crippen LogP contribution in [-0.2, 0) is 0 Å². The van der Waals surface area contributed by atoms with Gasteiger partial charge in [0.15, 0.2) is 0 Å². The zero-order valence-corrected chi connectivity index (χ0v) is 11.8. The van der Waals surface area contributed by atoms with Crippen LogP contribution in [0.2, 0.25) is 0 Å². The molecule has 0 aliphatic rings. The van der Waals surface area contributed by atoms with Gasteiger partial charge in [0, 0.05) is 25.0 Å². The lowest BCUT2D eigenvalue weighted by Crippen LogP contribution is -1.80. The molecule has 0 unspecified atom stereocenters. The highest BCUT2D eigenvalue weighted by Gasteiger charge is 2.11. The Kier molecular flexibility index (Phi) is 3.02. The molecule has 1 heterocycles. The molecule has 3 heteroatoms. The average molecular weight is 317 g/mol. The summed E-state index contributed by atoms with van der Waals surface area (Å²) < 4.78 is 2.35. The van der Waals surface area contributed by atoms with E-state index in [1.165, 1.54) is 15.0 Å². The van der Waals surface area contributed by atoms with Gasteiger partial charge in [-0.1, -0.05) is 36.4 Å². The Bertz CT molecular complexity index is 730. The zero-order valence-electron chi connectivity index (χ0n) is 9.39. The minimum absolute atomic E-state index is 0.705. The molecule has 0 fully saturated rings. The summed E-state index contributed by atoms with van der Waals surface area (Å²) in [5.41, 5.74) is 1.78. The highest BCUT2D eigenvalue weighted by atomic mass is 79.9. The second-order valence-corrected chi connectivity index (χ2v) is 5.83. The molecule has 0 aliphatic heterocycles. The maximum absolute atomic E-state index is 10.8.